The number of carbonyl (C=O) groups is 2. The summed E-state index contributed by atoms with van der Waals surface area (Å²) < 4.78 is 26.5. The first-order valence-electron chi connectivity index (χ1n) is 7.57. The molecule has 0 aliphatic rings. The quantitative estimate of drug-likeness (QED) is 0.790. The number of nitrogens with one attached hydrogen (secondary N) is 2. The molecule has 0 spiro atoms. The first-order valence-corrected chi connectivity index (χ1v) is 8.45. The lowest BCUT2D eigenvalue weighted by atomic mass is 10.1. The molecule has 0 fully saturated rings. The van der Waals surface area contributed by atoms with Gasteiger partial charge in [0.25, 0.3) is 0 Å². The fourth-order valence-corrected chi connectivity index (χ4v) is 3.00. The van der Waals surface area contributed by atoms with Gasteiger partial charge in [-0.25, -0.2) is 13.6 Å². The van der Waals surface area contributed by atoms with Crippen LogP contribution in [0.3, 0.4) is 0 Å². The maximum Gasteiger partial charge on any atom is 0.325 e. The van der Waals surface area contributed by atoms with E-state index in [0.717, 1.165) is 35.0 Å². The highest BCUT2D eigenvalue weighted by Crippen LogP contribution is 2.26. The van der Waals surface area contributed by atoms with Crippen LogP contribution in [-0.2, 0) is 4.79 Å². The lowest BCUT2D eigenvalue weighted by Crippen LogP contribution is -2.39. The molecule has 7 heteroatoms. The number of amides is 3. The first-order chi connectivity index (χ1) is 11.8. The largest absolute Gasteiger partial charge is 0.325 e. The van der Waals surface area contributed by atoms with E-state index in [0.29, 0.717) is 5.69 Å². The molecule has 2 rings (SSSR count). The van der Waals surface area contributed by atoms with Gasteiger partial charge in [0, 0.05) is 16.6 Å². The molecule has 0 bridgehead atoms. The van der Waals surface area contributed by atoms with E-state index in [1.165, 1.54) is 13.0 Å². The van der Waals surface area contributed by atoms with E-state index < -0.39 is 28.8 Å². The number of urea groups is 1. The molecule has 3 amide bonds. The highest BCUT2D eigenvalue weighted by Gasteiger charge is 2.19. The van der Waals surface area contributed by atoms with Crippen molar-refractivity contribution in [2.45, 2.75) is 30.9 Å². The molecule has 0 heterocycles. The zero-order chi connectivity index (χ0) is 18.6. The zero-order valence-electron chi connectivity index (χ0n) is 14.0. The Morgan fingerprint density at radius 3 is 2.44 bits per heavy atom. The number of hydrogen-bond acceptors (Lipinski definition) is 3. The maximum absolute atomic E-state index is 13.6. The molecule has 2 aromatic carbocycles. The number of aryl methyl sites for hydroxylation is 2. The second kappa shape index (κ2) is 8.11. The van der Waals surface area contributed by atoms with Crippen molar-refractivity contribution in [3.05, 3.63) is 59.2 Å². The number of hydrogen-bond donors (Lipinski definition) is 2. The predicted octanol–water partition coefficient (Wildman–Crippen LogP) is 4.41. The lowest BCUT2D eigenvalue weighted by molar-refractivity contribution is -0.119. The van der Waals surface area contributed by atoms with Crippen LogP contribution in [0.4, 0.5) is 19.3 Å². The molecular formula is C18H18F2N2O2S. The first kappa shape index (κ1) is 18.9. The molecule has 0 aliphatic carbocycles. The third-order valence-electron chi connectivity index (χ3n) is 3.43. The van der Waals surface area contributed by atoms with Crippen LogP contribution in [0.25, 0.3) is 0 Å². The topological polar surface area (TPSA) is 58.2 Å². The Bertz CT molecular complexity index is 812. The summed E-state index contributed by atoms with van der Waals surface area (Å²) in [7, 11) is 0. The van der Waals surface area contributed by atoms with Crippen LogP contribution < -0.4 is 10.6 Å². The molecule has 0 saturated carbocycles. The van der Waals surface area contributed by atoms with Crippen LogP contribution in [0.1, 0.15) is 18.1 Å². The van der Waals surface area contributed by atoms with Crippen LogP contribution >= 0.6 is 11.8 Å². The summed E-state index contributed by atoms with van der Waals surface area (Å²) in [6, 6.07) is 7.97. The highest BCUT2D eigenvalue weighted by molar-refractivity contribution is 8.00. The van der Waals surface area contributed by atoms with Crippen molar-refractivity contribution in [1.29, 1.82) is 0 Å². The number of thioether (sulfide) groups is 1. The molecule has 1 atom stereocenters. The molecule has 0 aliphatic heterocycles. The molecule has 0 saturated heterocycles. The average molecular weight is 364 g/mol. The van der Waals surface area contributed by atoms with E-state index >= 15 is 0 Å². The van der Waals surface area contributed by atoms with E-state index in [-0.39, 0.29) is 4.90 Å². The van der Waals surface area contributed by atoms with Crippen molar-refractivity contribution in [3.63, 3.8) is 0 Å². The SMILES string of the molecule is Cc1ccc(NC(=O)NC(=O)[C@@H](C)Sc2ccc(F)cc2F)c(C)c1. The van der Waals surface area contributed by atoms with Gasteiger partial charge in [-0.2, -0.15) is 0 Å². The molecule has 2 aromatic rings. The highest BCUT2D eigenvalue weighted by atomic mass is 32.2. The minimum Gasteiger partial charge on any atom is -0.307 e. The number of carbonyl (C=O) groups excluding carboxylic acids is 2. The third-order valence-corrected chi connectivity index (χ3v) is 4.59. The lowest BCUT2D eigenvalue weighted by Gasteiger charge is -2.13. The molecular weight excluding hydrogens is 346 g/mol. The molecule has 132 valence electrons. The van der Waals surface area contributed by atoms with E-state index in [1.807, 2.05) is 26.0 Å². The summed E-state index contributed by atoms with van der Waals surface area (Å²) in [6.07, 6.45) is 0. The predicted molar refractivity (Wildman–Crippen MR) is 94.8 cm³/mol. The minimum atomic E-state index is -0.746. The second-order valence-corrected chi connectivity index (χ2v) is 6.98. The second-order valence-electron chi connectivity index (χ2n) is 5.60. The summed E-state index contributed by atoms with van der Waals surface area (Å²) in [5, 5.41) is 4.09. The van der Waals surface area contributed by atoms with Crippen molar-refractivity contribution in [1.82, 2.24) is 5.32 Å². The van der Waals surface area contributed by atoms with Crippen LogP contribution in [0.2, 0.25) is 0 Å². The van der Waals surface area contributed by atoms with Crippen molar-refractivity contribution in [2.24, 2.45) is 0 Å². The summed E-state index contributed by atoms with van der Waals surface area (Å²) in [5.74, 6) is -2.01. The van der Waals surface area contributed by atoms with Gasteiger partial charge < -0.3 is 5.32 Å². The van der Waals surface area contributed by atoms with E-state index in [9.17, 15) is 18.4 Å². The maximum atomic E-state index is 13.6. The Labute approximate surface area is 149 Å². The monoisotopic (exact) mass is 364 g/mol. The van der Waals surface area contributed by atoms with Gasteiger partial charge in [-0.1, -0.05) is 17.7 Å². The third kappa shape index (κ3) is 5.29. The molecule has 0 aromatic heterocycles. The van der Waals surface area contributed by atoms with Crippen molar-refractivity contribution < 1.29 is 18.4 Å². The van der Waals surface area contributed by atoms with Gasteiger partial charge in [0.05, 0.1) is 5.25 Å². The van der Waals surface area contributed by atoms with Gasteiger partial charge >= 0.3 is 6.03 Å². The number of rotatable bonds is 4. The summed E-state index contributed by atoms with van der Waals surface area (Å²) in [4.78, 5) is 24.2. The van der Waals surface area contributed by atoms with Crippen molar-refractivity contribution in [3.8, 4) is 0 Å². The van der Waals surface area contributed by atoms with E-state index in [4.69, 9.17) is 0 Å². The van der Waals surface area contributed by atoms with Crippen LogP contribution in [-0.4, -0.2) is 17.2 Å². The van der Waals surface area contributed by atoms with Crippen molar-refractivity contribution in [2.75, 3.05) is 5.32 Å². The minimum absolute atomic E-state index is 0.138. The standard InChI is InChI=1S/C18H18F2N2O2S/c1-10-4-6-15(11(2)8-10)21-18(24)22-17(23)12(3)25-16-7-5-13(19)9-14(16)20/h4-9,12H,1-3H3,(H2,21,22,23,24)/t12-/m1/s1. The smallest absolute Gasteiger partial charge is 0.307 e. The summed E-state index contributed by atoms with van der Waals surface area (Å²) >= 11 is 0.907. The number of imide groups is 1. The van der Waals surface area contributed by atoms with Gasteiger partial charge in [0.1, 0.15) is 11.6 Å². The van der Waals surface area contributed by atoms with Crippen LogP contribution in [0, 0.1) is 25.5 Å². The van der Waals surface area contributed by atoms with Gasteiger partial charge in [-0.15, -0.1) is 11.8 Å². The molecule has 0 radical (unpaired) electrons. The molecule has 0 unspecified atom stereocenters. The number of halogens is 2. The van der Waals surface area contributed by atoms with E-state index in [1.54, 1.807) is 6.07 Å². The summed E-state index contributed by atoms with van der Waals surface area (Å²) in [5.41, 5.74) is 2.53. The van der Waals surface area contributed by atoms with Crippen molar-refractivity contribution >= 4 is 29.4 Å². The average Bonchev–Trinajstić information content (AvgIpc) is 2.52. The number of benzene rings is 2. The molecule has 25 heavy (non-hydrogen) atoms. The van der Waals surface area contributed by atoms with Gasteiger partial charge in [0.15, 0.2) is 0 Å². The Balaban J connectivity index is 1.94. The van der Waals surface area contributed by atoms with Crippen LogP contribution in [0.15, 0.2) is 41.3 Å². The zero-order valence-corrected chi connectivity index (χ0v) is 14.8. The number of anilines is 1. The van der Waals surface area contributed by atoms with E-state index in [2.05, 4.69) is 10.6 Å². The van der Waals surface area contributed by atoms with Gasteiger partial charge in [0.2, 0.25) is 5.91 Å². The Kier molecular flexibility index (Phi) is 6.14. The van der Waals surface area contributed by atoms with Crippen LogP contribution in [0.5, 0.6) is 0 Å². The van der Waals surface area contributed by atoms with Gasteiger partial charge in [-0.05, 0) is 44.5 Å². The Morgan fingerprint density at radius 1 is 1.08 bits per heavy atom. The molecule has 4 nitrogen and oxygen atoms in total. The Hall–Kier alpha value is -2.41. The van der Waals surface area contributed by atoms with Gasteiger partial charge in [-0.3, -0.25) is 10.1 Å². The fraction of sp³-hybridized carbons (Fsp3) is 0.222. The Morgan fingerprint density at radius 2 is 1.80 bits per heavy atom. The molecule has 2 N–H and O–H groups in total. The fourth-order valence-electron chi connectivity index (χ4n) is 2.14. The normalized spacial score (nSPS) is 11.7. The summed E-state index contributed by atoms with van der Waals surface area (Å²) in [6.45, 7) is 5.32.